The third-order valence-electron chi connectivity index (χ3n) is 5.16. The van der Waals surface area contributed by atoms with Crippen LogP contribution >= 0.6 is 35.5 Å². The van der Waals surface area contributed by atoms with Gasteiger partial charge >= 0.3 is 0 Å². The van der Waals surface area contributed by atoms with E-state index in [4.69, 9.17) is 4.99 Å². The van der Waals surface area contributed by atoms with E-state index in [1.807, 2.05) is 28.8 Å². The van der Waals surface area contributed by atoms with E-state index in [1.165, 1.54) is 11.5 Å². The van der Waals surface area contributed by atoms with Crippen molar-refractivity contribution in [2.24, 2.45) is 4.99 Å². The molecule has 0 amide bonds. The third kappa shape index (κ3) is 5.82. The number of rotatable bonds is 7. The first kappa shape index (κ1) is 23.6. The highest BCUT2D eigenvalue weighted by Crippen LogP contribution is 2.19. The largest absolute Gasteiger partial charge is 0.357 e. The Morgan fingerprint density at radius 3 is 2.74 bits per heavy atom. The number of halogens is 1. The summed E-state index contributed by atoms with van der Waals surface area (Å²) in [6, 6.07) is 5.96. The molecule has 0 saturated carbocycles. The molecule has 11 heteroatoms. The summed E-state index contributed by atoms with van der Waals surface area (Å²) in [4.78, 5) is 14.2. The van der Waals surface area contributed by atoms with E-state index in [2.05, 4.69) is 48.5 Å². The highest BCUT2D eigenvalue weighted by Gasteiger charge is 2.22. The molecule has 31 heavy (non-hydrogen) atoms. The van der Waals surface area contributed by atoms with Crippen molar-refractivity contribution < 1.29 is 0 Å². The number of aromatic nitrogens is 5. The maximum absolute atomic E-state index is 4.86. The number of hydrogen-bond donors (Lipinski definition) is 1. The van der Waals surface area contributed by atoms with Crippen molar-refractivity contribution in [1.82, 2.24) is 34.2 Å². The minimum atomic E-state index is 0. The average Bonchev–Trinajstić information content (AvgIpc) is 3.43. The molecule has 0 bridgehead atoms. The molecule has 1 N–H and O–H groups in total. The lowest BCUT2D eigenvalue weighted by molar-refractivity contribution is 0.372. The van der Waals surface area contributed by atoms with Crippen LogP contribution in [0.1, 0.15) is 31.9 Å². The Labute approximate surface area is 204 Å². The normalized spacial score (nSPS) is 14.7. The van der Waals surface area contributed by atoms with Gasteiger partial charge in [-0.1, -0.05) is 13.0 Å². The number of piperazine rings is 1. The predicted molar refractivity (Wildman–Crippen MR) is 136 cm³/mol. The number of nitrogens with zero attached hydrogens (tertiary/aromatic N) is 8. The summed E-state index contributed by atoms with van der Waals surface area (Å²) in [7, 11) is 0. The molecule has 0 atom stereocenters. The van der Waals surface area contributed by atoms with Crippen molar-refractivity contribution >= 4 is 52.2 Å². The van der Waals surface area contributed by atoms with Crippen LogP contribution in [-0.2, 0) is 12.8 Å². The first-order chi connectivity index (χ1) is 14.8. The van der Waals surface area contributed by atoms with E-state index in [-0.39, 0.29) is 24.0 Å². The second-order valence-corrected chi connectivity index (χ2v) is 7.94. The van der Waals surface area contributed by atoms with E-state index >= 15 is 0 Å². The van der Waals surface area contributed by atoms with Gasteiger partial charge in [-0.3, -0.25) is 9.39 Å². The zero-order valence-corrected chi connectivity index (χ0v) is 21.2. The maximum Gasteiger partial charge on any atom is 0.205 e. The number of nitrogens with one attached hydrogen (secondary N) is 1. The quantitative estimate of drug-likeness (QED) is 0.208. The van der Waals surface area contributed by atoms with Gasteiger partial charge in [-0.25, -0.2) is 4.98 Å². The molecule has 3 aromatic heterocycles. The molecule has 1 aliphatic heterocycles. The minimum absolute atomic E-state index is 0. The highest BCUT2D eigenvalue weighted by molar-refractivity contribution is 14.0. The van der Waals surface area contributed by atoms with Crippen LogP contribution in [0.2, 0.25) is 0 Å². The van der Waals surface area contributed by atoms with Gasteiger partial charge in [0.2, 0.25) is 5.13 Å². The van der Waals surface area contributed by atoms with Crippen LogP contribution in [0.25, 0.3) is 5.65 Å². The predicted octanol–water partition coefficient (Wildman–Crippen LogP) is 2.48. The molecule has 1 fully saturated rings. The smallest absolute Gasteiger partial charge is 0.205 e. The van der Waals surface area contributed by atoms with Gasteiger partial charge in [-0.2, -0.15) is 4.37 Å². The average molecular weight is 555 g/mol. The SMILES string of the molecule is CCNC(=NCCCc1nnc2ccccn12)N1CCN(c2nc(CC)ns2)CC1.I. The standard InChI is InChI=1S/C20H29N9S.HI/c1-3-16-23-20(30-26-16)28-14-12-27(13-15-28)19(21-4-2)22-10-7-9-18-25-24-17-8-5-6-11-29(17)18;/h5-6,8,11H,3-4,7,9-10,12-15H2,1-2H3,(H,21,22);1H. The van der Waals surface area contributed by atoms with Crippen molar-refractivity contribution in [1.29, 1.82) is 0 Å². The van der Waals surface area contributed by atoms with Gasteiger partial charge in [0.25, 0.3) is 0 Å². The van der Waals surface area contributed by atoms with Gasteiger partial charge in [0, 0.05) is 69.8 Å². The Morgan fingerprint density at radius 2 is 2.00 bits per heavy atom. The molecule has 4 rings (SSSR count). The summed E-state index contributed by atoms with van der Waals surface area (Å²) < 4.78 is 6.46. The summed E-state index contributed by atoms with van der Waals surface area (Å²) in [5, 5.41) is 13.0. The summed E-state index contributed by atoms with van der Waals surface area (Å²) in [6.45, 7) is 9.58. The van der Waals surface area contributed by atoms with E-state index in [9.17, 15) is 0 Å². The van der Waals surface area contributed by atoms with Gasteiger partial charge in [0.1, 0.15) is 11.6 Å². The molecule has 9 nitrogen and oxygen atoms in total. The van der Waals surface area contributed by atoms with Crippen molar-refractivity contribution in [3.63, 3.8) is 0 Å². The lowest BCUT2D eigenvalue weighted by Gasteiger charge is -2.36. The number of aryl methyl sites for hydroxylation is 2. The lowest BCUT2D eigenvalue weighted by Crippen LogP contribution is -2.52. The van der Waals surface area contributed by atoms with Crippen LogP contribution in [0.5, 0.6) is 0 Å². The first-order valence-corrected chi connectivity index (χ1v) is 11.4. The van der Waals surface area contributed by atoms with Gasteiger partial charge < -0.3 is 15.1 Å². The highest BCUT2D eigenvalue weighted by atomic mass is 127. The number of pyridine rings is 1. The Hall–Kier alpha value is -2.02. The van der Waals surface area contributed by atoms with Crippen LogP contribution in [0.15, 0.2) is 29.4 Å². The van der Waals surface area contributed by atoms with Crippen molar-refractivity contribution in [2.75, 3.05) is 44.2 Å². The number of hydrogen-bond acceptors (Lipinski definition) is 7. The van der Waals surface area contributed by atoms with E-state index in [0.29, 0.717) is 0 Å². The zero-order chi connectivity index (χ0) is 20.8. The van der Waals surface area contributed by atoms with Crippen molar-refractivity contribution in [3.05, 3.63) is 36.0 Å². The Kier molecular flexibility index (Phi) is 8.81. The molecule has 168 valence electrons. The van der Waals surface area contributed by atoms with Crippen LogP contribution in [-0.4, -0.2) is 74.1 Å². The molecular formula is C20H30IN9S. The van der Waals surface area contributed by atoms with Crippen LogP contribution in [0.4, 0.5) is 5.13 Å². The van der Waals surface area contributed by atoms with Gasteiger partial charge in [-0.05, 0) is 25.5 Å². The van der Waals surface area contributed by atoms with Gasteiger partial charge in [0.05, 0.1) is 0 Å². The second kappa shape index (κ2) is 11.6. The number of aliphatic imine (C=N–C) groups is 1. The zero-order valence-electron chi connectivity index (χ0n) is 18.1. The van der Waals surface area contributed by atoms with E-state index < -0.39 is 0 Å². The van der Waals surface area contributed by atoms with E-state index in [0.717, 1.165) is 86.9 Å². The minimum Gasteiger partial charge on any atom is -0.357 e. The Morgan fingerprint density at radius 1 is 1.16 bits per heavy atom. The molecule has 0 aromatic carbocycles. The molecule has 0 aliphatic carbocycles. The van der Waals surface area contributed by atoms with Crippen LogP contribution in [0.3, 0.4) is 0 Å². The first-order valence-electron chi connectivity index (χ1n) is 10.7. The third-order valence-corrected chi connectivity index (χ3v) is 5.98. The monoisotopic (exact) mass is 555 g/mol. The van der Waals surface area contributed by atoms with Gasteiger partial charge in [-0.15, -0.1) is 34.2 Å². The number of guanidine groups is 1. The molecule has 1 saturated heterocycles. The van der Waals surface area contributed by atoms with Crippen molar-refractivity contribution in [2.45, 2.75) is 33.1 Å². The molecule has 0 radical (unpaired) electrons. The summed E-state index contributed by atoms with van der Waals surface area (Å²) >= 11 is 1.50. The molecule has 1 aliphatic rings. The van der Waals surface area contributed by atoms with E-state index in [1.54, 1.807) is 0 Å². The van der Waals surface area contributed by atoms with Crippen molar-refractivity contribution in [3.8, 4) is 0 Å². The van der Waals surface area contributed by atoms with Crippen LogP contribution < -0.4 is 10.2 Å². The summed E-state index contributed by atoms with van der Waals surface area (Å²) in [6.07, 6.45) is 4.70. The molecule has 4 heterocycles. The molecule has 3 aromatic rings. The Balaban J connectivity index is 0.00000272. The second-order valence-electron chi connectivity index (χ2n) is 7.21. The Bertz CT molecular complexity index is 978. The summed E-state index contributed by atoms with van der Waals surface area (Å²) in [5.41, 5.74) is 0.892. The lowest BCUT2D eigenvalue weighted by atomic mass is 10.3. The molecule has 0 spiro atoms. The van der Waals surface area contributed by atoms with Gasteiger partial charge in [0.15, 0.2) is 11.6 Å². The number of anilines is 1. The fraction of sp³-hybridized carbons (Fsp3) is 0.550. The maximum atomic E-state index is 4.86. The fourth-order valence-corrected chi connectivity index (χ4v) is 4.34. The summed E-state index contributed by atoms with van der Waals surface area (Å²) in [5.74, 6) is 2.92. The molecule has 0 unspecified atom stereocenters. The van der Waals surface area contributed by atoms with Crippen LogP contribution in [0, 0.1) is 0 Å². The fourth-order valence-electron chi connectivity index (χ4n) is 3.54. The number of fused-ring (bicyclic) bond motifs is 1. The topological polar surface area (TPSA) is 86.8 Å². The molecular weight excluding hydrogens is 525 g/mol.